The first-order valence-electron chi connectivity index (χ1n) is 6.86. The third-order valence-corrected chi connectivity index (χ3v) is 4.36. The highest BCUT2D eigenvalue weighted by atomic mass is 32.2. The fourth-order valence-corrected chi connectivity index (χ4v) is 2.39. The molecule has 1 amide bonds. The van der Waals surface area contributed by atoms with E-state index in [4.69, 9.17) is 4.74 Å². The van der Waals surface area contributed by atoms with Gasteiger partial charge >= 0.3 is 0 Å². The van der Waals surface area contributed by atoms with Crippen molar-refractivity contribution in [2.45, 2.75) is 17.9 Å². The Kier molecular flexibility index (Phi) is 7.56. The van der Waals surface area contributed by atoms with Crippen molar-refractivity contribution < 1.29 is 13.7 Å². The van der Waals surface area contributed by atoms with E-state index in [0.29, 0.717) is 19.7 Å². The van der Waals surface area contributed by atoms with Gasteiger partial charge in [-0.2, -0.15) is 0 Å². The molecule has 5 nitrogen and oxygen atoms in total. The number of carbonyl (C=O) groups is 1. The SMILES string of the molecule is COCCNCC(=O)N(C)C(C)c1ccc(S(C)=O)cc1. The Labute approximate surface area is 129 Å². The van der Waals surface area contributed by atoms with E-state index in [1.54, 1.807) is 25.3 Å². The maximum Gasteiger partial charge on any atom is 0.236 e. The Bertz CT molecular complexity index is 476. The minimum atomic E-state index is -0.979. The van der Waals surface area contributed by atoms with Crippen LogP contribution in [0.1, 0.15) is 18.5 Å². The van der Waals surface area contributed by atoms with Crippen molar-refractivity contribution >= 4 is 16.7 Å². The molecule has 1 N–H and O–H groups in total. The highest BCUT2D eigenvalue weighted by Crippen LogP contribution is 2.20. The lowest BCUT2D eigenvalue weighted by Gasteiger charge is -2.25. The number of nitrogens with one attached hydrogen (secondary N) is 1. The minimum Gasteiger partial charge on any atom is -0.383 e. The molecule has 118 valence electrons. The summed E-state index contributed by atoms with van der Waals surface area (Å²) >= 11 is 0. The number of ether oxygens (including phenoxy) is 1. The number of hydrogen-bond donors (Lipinski definition) is 1. The summed E-state index contributed by atoms with van der Waals surface area (Å²) in [6.07, 6.45) is 1.65. The van der Waals surface area contributed by atoms with Crippen molar-refractivity contribution in [2.75, 3.05) is 40.1 Å². The van der Waals surface area contributed by atoms with Gasteiger partial charge in [0.2, 0.25) is 5.91 Å². The van der Waals surface area contributed by atoms with Gasteiger partial charge in [0.05, 0.1) is 19.2 Å². The van der Waals surface area contributed by atoms with Crippen molar-refractivity contribution in [3.8, 4) is 0 Å². The summed E-state index contributed by atoms with van der Waals surface area (Å²) in [5, 5.41) is 3.04. The van der Waals surface area contributed by atoms with E-state index in [0.717, 1.165) is 10.5 Å². The predicted octanol–water partition coefficient (Wildman–Crippen LogP) is 1.18. The van der Waals surface area contributed by atoms with Crippen LogP contribution in [0.25, 0.3) is 0 Å². The van der Waals surface area contributed by atoms with Crippen LogP contribution in [0.3, 0.4) is 0 Å². The molecule has 0 aliphatic rings. The number of nitrogens with zero attached hydrogens (tertiary/aromatic N) is 1. The lowest BCUT2D eigenvalue weighted by Crippen LogP contribution is -2.38. The van der Waals surface area contributed by atoms with Crippen LogP contribution >= 0.6 is 0 Å². The Morgan fingerprint density at radius 3 is 2.52 bits per heavy atom. The predicted molar refractivity (Wildman–Crippen MR) is 84.7 cm³/mol. The first kappa shape index (κ1) is 17.8. The third kappa shape index (κ3) is 5.57. The number of amides is 1. The van der Waals surface area contributed by atoms with Gasteiger partial charge in [0.1, 0.15) is 0 Å². The molecule has 6 heteroatoms. The third-order valence-electron chi connectivity index (χ3n) is 3.43. The zero-order chi connectivity index (χ0) is 15.8. The molecule has 1 rings (SSSR count). The Hall–Kier alpha value is -1.24. The smallest absolute Gasteiger partial charge is 0.236 e. The second kappa shape index (κ2) is 8.92. The van der Waals surface area contributed by atoms with Gasteiger partial charge < -0.3 is 15.0 Å². The molecule has 0 spiro atoms. The molecular weight excluding hydrogens is 288 g/mol. The maximum absolute atomic E-state index is 12.1. The quantitative estimate of drug-likeness (QED) is 0.732. The van der Waals surface area contributed by atoms with Crippen LogP contribution in [0.15, 0.2) is 29.2 Å². The fraction of sp³-hybridized carbons (Fsp3) is 0.533. The van der Waals surface area contributed by atoms with E-state index in [1.807, 2.05) is 31.2 Å². The van der Waals surface area contributed by atoms with Gasteiger partial charge in [0, 0.05) is 42.7 Å². The number of likely N-dealkylation sites (N-methyl/N-ethyl adjacent to an activating group) is 1. The van der Waals surface area contributed by atoms with Crippen LogP contribution in [0.5, 0.6) is 0 Å². The molecule has 0 aliphatic heterocycles. The Morgan fingerprint density at radius 1 is 1.38 bits per heavy atom. The van der Waals surface area contributed by atoms with E-state index in [2.05, 4.69) is 5.32 Å². The number of benzene rings is 1. The average Bonchev–Trinajstić information content (AvgIpc) is 2.50. The van der Waals surface area contributed by atoms with Crippen molar-refractivity contribution in [3.63, 3.8) is 0 Å². The maximum atomic E-state index is 12.1. The number of rotatable bonds is 8. The summed E-state index contributed by atoms with van der Waals surface area (Å²) in [7, 11) is 2.44. The molecular formula is C15H24N2O3S. The highest BCUT2D eigenvalue weighted by molar-refractivity contribution is 7.84. The number of methoxy groups -OCH3 is 1. The molecule has 2 unspecified atom stereocenters. The fourth-order valence-electron chi connectivity index (χ4n) is 1.87. The van der Waals surface area contributed by atoms with Crippen LogP contribution in [-0.2, 0) is 20.3 Å². The van der Waals surface area contributed by atoms with Crippen molar-refractivity contribution in [3.05, 3.63) is 29.8 Å². The highest BCUT2D eigenvalue weighted by Gasteiger charge is 2.17. The molecule has 0 heterocycles. The molecule has 1 aromatic carbocycles. The monoisotopic (exact) mass is 312 g/mol. The van der Waals surface area contributed by atoms with Gasteiger partial charge in [-0.05, 0) is 24.6 Å². The Balaban J connectivity index is 2.58. The molecule has 1 aromatic rings. The van der Waals surface area contributed by atoms with E-state index < -0.39 is 10.8 Å². The van der Waals surface area contributed by atoms with E-state index >= 15 is 0 Å². The van der Waals surface area contributed by atoms with Crippen molar-refractivity contribution in [1.29, 1.82) is 0 Å². The summed E-state index contributed by atoms with van der Waals surface area (Å²) in [6.45, 7) is 3.51. The summed E-state index contributed by atoms with van der Waals surface area (Å²) in [5.74, 6) is 0.0294. The molecule has 0 saturated carbocycles. The molecule has 0 bridgehead atoms. The molecule has 2 atom stereocenters. The van der Waals surface area contributed by atoms with Gasteiger partial charge in [-0.1, -0.05) is 12.1 Å². The van der Waals surface area contributed by atoms with Gasteiger partial charge in [-0.25, -0.2) is 0 Å². The second-order valence-electron chi connectivity index (χ2n) is 4.87. The lowest BCUT2D eigenvalue weighted by molar-refractivity contribution is -0.130. The number of carbonyl (C=O) groups excluding carboxylic acids is 1. The van der Waals surface area contributed by atoms with Crippen molar-refractivity contribution in [2.24, 2.45) is 0 Å². The molecule has 0 aliphatic carbocycles. The molecule has 21 heavy (non-hydrogen) atoms. The minimum absolute atomic E-state index is 0.0268. The normalized spacial score (nSPS) is 13.7. The van der Waals surface area contributed by atoms with E-state index in [1.165, 1.54) is 0 Å². The largest absolute Gasteiger partial charge is 0.383 e. The molecule has 0 fully saturated rings. The Morgan fingerprint density at radius 2 is 2.00 bits per heavy atom. The average molecular weight is 312 g/mol. The second-order valence-corrected chi connectivity index (χ2v) is 6.25. The van der Waals surface area contributed by atoms with Gasteiger partial charge in [0.25, 0.3) is 0 Å². The molecule has 0 saturated heterocycles. The zero-order valence-corrected chi connectivity index (χ0v) is 13.9. The summed E-state index contributed by atoms with van der Waals surface area (Å²) in [4.78, 5) is 14.6. The van der Waals surface area contributed by atoms with Crippen molar-refractivity contribution in [1.82, 2.24) is 10.2 Å². The summed E-state index contributed by atoms with van der Waals surface area (Å²) < 4.78 is 16.3. The lowest BCUT2D eigenvalue weighted by atomic mass is 10.1. The summed E-state index contributed by atoms with van der Waals surface area (Å²) in [6, 6.07) is 7.50. The van der Waals surface area contributed by atoms with E-state index in [9.17, 15) is 9.00 Å². The molecule has 0 aromatic heterocycles. The van der Waals surface area contributed by atoms with Crippen LogP contribution in [-0.4, -0.2) is 55.1 Å². The standard InChI is InChI=1S/C15H24N2O3S/c1-12(13-5-7-14(8-6-13)21(4)19)17(2)15(18)11-16-9-10-20-3/h5-8,12,16H,9-11H2,1-4H3. The van der Waals surface area contributed by atoms with Gasteiger partial charge in [-0.15, -0.1) is 0 Å². The topological polar surface area (TPSA) is 58.6 Å². The van der Waals surface area contributed by atoms with Crippen LogP contribution < -0.4 is 5.32 Å². The van der Waals surface area contributed by atoms with Crippen LogP contribution in [0.2, 0.25) is 0 Å². The van der Waals surface area contributed by atoms with E-state index in [-0.39, 0.29) is 11.9 Å². The van der Waals surface area contributed by atoms with Gasteiger partial charge in [-0.3, -0.25) is 9.00 Å². The summed E-state index contributed by atoms with van der Waals surface area (Å²) in [5.41, 5.74) is 1.02. The molecule has 0 radical (unpaired) electrons. The zero-order valence-electron chi connectivity index (χ0n) is 13.1. The van der Waals surface area contributed by atoms with Crippen LogP contribution in [0, 0.1) is 0 Å². The number of hydrogen-bond acceptors (Lipinski definition) is 4. The first-order chi connectivity index (χ1) is 9.97. The van der Waals surface area contributed by atoms with Gasteiger partial charge in [0.15, 0.2) is 0 Å². The van der Waals surface area contributed by atoms with Crippen LogP contribution in [0.4, 0.5) is 0 Å². The first-order valence-corrected chi connectivity index (χ1v) is 8.42.